The zero-order chi connectivity index (χ0) is 14.8. The second-order valence-corrected chi connectivity index (χ2v) is 6.33. The Morgan fingerprint density at radius 3 is 3.05 bits per heavy atom. The fraction of sp³-hybridized carbons (Fsp3) is 0.438. The van der Waals surface area contributed by atoms with E-state index in [-0.39, 0.29) is 6.04 Å². The molecule has 0 bridgehead atoms. The number of hydrogen-bond donors (Lipinski definition) is 1. The maximum atomic E-state index is 5.84. The molecule has 1 aliphatic heterocycles. The number of benzene rings is 1. The normalized spacial score (nSPS) is 14.8. The predicted molar refractivity (Wildman–Crippen MR) is 86.7 cm³/mol. The van der Waals surface area contributed by atoms with Gasteiger partial charge in [0.1, 0.15) is 5.75 Å². The molecule has 0 saturated carbocycles. The van der Waals surface area contributed by atoms with Crippen molar-refractivity contribution < 1.29 is 4.74 Å². The Morgan fingerprint density at radius 2 is 2.33 bits per heavy atom. The van der Waals surface area contributed by atoms with Gasteiger partial charge in [-0.05, 0) is 36.2 Å². The van der Waals surface area contributed by atoms with Crippen LogP contribution in [0.2, 0.25) is 0 Å². The van der Waals surface area contributed by atoms with E-state index in [0.717, 1.165) is 36.2 Å². The van der Waals surface area contributed by atoms with E-state index >= 15 is 0 Å². The minimum Gasteiger partial charge on any atom is -0.493 e. The Labute approximate surface area is 133 Å². The standard InChI is InChI=1S/C16H20BrN3O/c1-3-18-15(13-9-19-20(2)10-13)8-12-7-14(17)6-11-4-5-21-16(11)12/h6-7,9-10,15,18H,3-5,8H2,1-2H3. The van der Waals surface area contributed by atoms with Gasteiger partial charge in [-0.25, -0.2) is 0 Å². The van der Waals surface area contributed by atoms with Crippen molar-refractivity contribution in [1.82, 2.24) is 15.1 Å². The number of nitrogens with one attached hydrogen (secondary N) is 1. The summed E-state index contributed by atoms with van der Waals surface area (Å²) in [6.45, 7) is 3.85. The van der Waals surface area contributed by atoms with Gasteiger partial charge >= 0.3 is 0 Å². The van der Waals surface area contributed by atoms with E-state index in [1.807, 2.05) is 17.9 Å². The van der Waals surface area contributed by atoms with Crippen molar-refractivity contribution in [1.29, 1.82) is 0 Å². The molecule has 1 unspecified atom stereocenters. The van der Waals surface area contributed by atoms with Crippen LogP contribution in [0.3, 0.4) is 0 Å². The minimum atomic E-state index is 0.256. The molecule has 112 valence electrons. The first-order chi connectivity index (χ1) is 10.2. The van der Waals surface area contributed by atoms with E-state index < -0.39 is 0 Å². The topological polar surface area (TPSA) is 39.1 Å². The zero-order valence-corrected chi connectivity index (χ0v) is 14.0. The van der Waals surface area contributed by atoms with Gasteiger partial charge in [-0.15, -0.1) is 0 Å². The van der Waals surface area contributed by atoms with Gasteiger partial charge in [-0.2, -0.15) is 5.10 Å². The molecule has 1 aromatic carbocycles. The van der Waals surface area contributed by atoms with E-state index in [9.17, 15) is 0 Å². The largest absolute Gasteiger partial charge is 0.493 e. The molecule has 0 aliphatic carbocycles. The van der Waals surface area contributed by atoms with Gasteiger partial charge < -0.3 is 10.1 Å². The van der Waals surface area contributed by atoms with Crippen LogP contribution in [-0.4, -0.2) is 22.9 Å². The summed E-state index contributed by atoms with van der Waals surface area (Å²) in [6, 6.07) is 4.59. The smallest absolute Gasteiger partial charge is 0.125 e. The molecule has 0 fully saturated rings. The van der Waals surface area contributed by atoms with Crippen LogP contribution in [0.1, 0.15) is 29.7 Å². The van der Waals surface area contributed by atoms with Gasteiger partial charge in [-0.3, -0.25) is 4.68 Å². The molecular weight excluding hydrogens is 330 g/mol. The Balaban J connectivity index is 1.90. The molecule has 2 heterocycles. The van der Waals surface area contributed by atoms with Gasteiger partial charge in [-0.1, -0.05) is 22.9 Å². The zero-order valence-electron chi connectivity index (χ0n) is 12.4. The monoisotopic (exact) mass is 349 g/mol. The number of rotatable bonds is 5. The number of likely N-dealkylation sites (N-methyl/N-ethyl adjacent to an activating group) is 1. The Hall–Kier alpha value is -1.33. The van der Waals surface area contributed by atoms with Crippen molar-refractivity contribution in [3.63, 3.8) is 0 Å². The Morgan fingerprint density at radius 1 is 1.48 bits per heavy atom. The highest BCUT2D eigenvalue weighted by Crippen LogP contribution is 2.35. The lowest BCUT2D eigenvalue weighted by Gasteiger charge is -2.18. The van der Waals surface area contributed by atoms with Crippen LogP contribution in [0, 0.1) is 0 Å². The summed E-state index contributed by atoms with van der Waals surface area (Å²) in [6.07, 6.45) is 5.92. The Kier molecular flexibility index (Phi) is 4.31. The van der Waals surface area contributed by atoms with Crippen LogP contribution in [0.4, 0.5) is 0 Å². The van der Waals surface area contributed by atoms with E-state index in [1.165, 1.54) is 16.7 Å². The highest BCUT2D eigenvalue weighted by atomic mass is 79.9. The molecule has 21 heavy (non-hydrogen) atoms. The quantitative estimate of drug-likeness (QED) is 0.901. The first-order valence-electron chi connectivity index (χ1n) is 7.33. The third-order valence-corrected chi connectivity index (χ3v) is 4.28. The molecule has 4 nitrogen and oxygen atoms in total. The average Bonchev–Trinajstić information content (AvgIpc) is 3.06. The van der Waals surface area contributed by atoms with Gasteiger partial charge in [0.2, 0.25) is 0 Å². The van der Waals surface area contributed by atoms with Crippen LogP contribution in [0.25, 0.3) is 0 Å². The fourth-order valence-corrected chi connectivity index (χ4v) is 3.44. The molecule has 5 heteroatoms. The number of hydrogen-bond acceptors (Lipinski definition) is 3. The van der Waals surface area contributed by atoms with Gasteiger partial charge in [0.25, 0.3) is 0 Å². The molecule has 1 aliphatic rings. The number of halogens is 1. The van der Waals surface area contributed by atoms with Gasteiger partial charge in [0.05, 0.1) is 12.8 Å². The van der Waals surface area contributed by atoms with Crippen LogP contribution in [-0.2, 0) is 19.9 Å². The van der Waals surface area contributed by atoms with Crippen LogP contribution in [0.5, 0.6) is 5.75 Å². The van der Waals surface area contributed by atoms with Crippen molar-refractivity contribution in [3.05, 3.63) is 45.7 Å². The lowest BCUT2D eigenvalue weighted by atomic mass is 9.98. The van der Waals surface area contributed by atoms with Crippen molar-refractivity contribution >= 4 is 15.9 Å². The minimum absolute atomic E-state index is 0.256. The van der Waals surface area contributed by atoms with E-state index in [1.54, 1.807) is 0 Å². The number of nitrogens with zero attached hydrogens (tertiary/aromatic N) is 2. The highest BCUT2D eigenvalue weighted by molar-refractivity contribution is 9.10. The third kappa shape index (κ3) is 3.14. The average molecular weight is 350 g/mol. The van der Waals surface area contributed by atoms with Crippen LogP contribution >= 0.6 is 15.9 Å². The fourth-order valence-electron chi connectivity index (χ4n) is 2.89. The molecule has 1 N–H and O–H groups in total. The summed E-state index contributed by atoms with van der Waals surface area (Å²) >= 11 is 3.61. The van der Waals surface area contributed by atoms with Crippen molar-refractivity contribution in [2.75, 3.05) is 13.2 Å². The van der Waals surface area contributed by atoms with Gasteiger partial charge in [0.15, 0.2) is 0 Å². The number of aryl methyl sites for hydroxylation is 1. The number of ether oxygens (including phenoxy) is 1. The number of fused-ring (bicyclic) bond motifs is 1. The SMILES string of the molecule is CCNC(Cc1cc(Br)cc2c1OCC2)c1cnn(C)c1. The lowest BCUT2D eigenvalue weighted by Crippen LogP contribution is -2.22. The molecule has 3 rings (SSSR count). The van der Waals surface area contributed by atoms with Crippen LogP contribution in [0.15, 0.2) is 29.0 Å². The summed E-state index contributed by atoms with van der Waals surface area (Å²) in [5.41, 5.74) is 3.78. The summed E-state index contributed by atoms with van der Waals surface area (Å²) in [5, 5.41) is 7.83. The second kappa shape index (κ2) is 6.20. The molecule has 1 atom stereocenters. The van der Waals surface area contributed by atoms with Gasteiger partial charge in [0, 0.05) is 35.7 Å². The molecule has 1 aromatic heterocycles. The number of aromatic nitrogens is 2. The molecule has 0 radical (unpaired) electrons. The predicted octanol–water partition coefficient (Wildman–Crippen LogP) is 3.01. The molecule has 2 aromatic rings. The van der Waals surface area contributed by atoms with Crippen molar-refractivity contribution in [3.8, 4) is 5.75 Å². The van der Waals surface area contributed by atoms with Crippen LogP contribution < -0.4 is 10.1 Å². The third-order valence-electron chi connectivity index (χ3n) is 3.83. The first-order valence-corrected chi connectivity index (χ1v) is 8.12. The summed E-state index contributed by atoms with van der Waals surface area (Å²) in [7, 11) is 1.95. The van der Waals surface area contributed by atoms with E-state index in [4.69, 9.17) is 4.74 Å². The highest BCUT2D eigenvalue weighted by Gasteiger charge is 2.21. The van der Waals surface area contributed by atoms with E-state index in [2.05, 4.69) is 51.6 Å². The summed E-state index contributed by atoms with van der Waals surface area (Å²) in [4.78, 5) is 0. The molecular formula is C16H20BrN3O. The Bertz CT molecular complexity index is 638. The maximum absolute atomic E-state index is 5.84. The summed E-state index contributed by atoms with van der Waals surface area (Å²) < 4.78 is 8.81. The maximum Gasteiger partial charge on any atom is 0.125 e. The van der Waals surface area contributed by atoms with Crippen molar-refractivity contribution in [2.45, 2.75) is 25.8 Å². The lowest BCUT2D eigenvalue weighted by molar-refractivity contribution is 0.351. The van der Waals surface area contributed by atoms with E-state index in [0.29, 0.717) is 0 Å². The summed E-state index contributed by atoms with van der Waals surface area (Å²) in [5.74, 6) is 1.07. The molecule has 0 spiro atoms. The molecule has 0 amide bonds. The van der Waals surface area contributed by atoms with Crippen molar-refractivity contribution in [2.24, 2.45) is 7.05 Å². The molecule has 0 saturated heterocycles. The first kappa shape index (κ1) is 14.6. The second-order valence-electron chi connectivity index (χ2n) is 5.41.